The van der Waals surface area contributed by atoms with Crippen LogP contribution in [0.3, 0.4) is 0 Å². The molecule has 8 nitrogen and oxygen atoms in total. The van der Waals surface area contributed by atoms with Crippen molar-refractivity contribution in [2.24, 2.45) is 7.05 Å². The lowest BCUT2D eigenvalue weighted by Crippen LogP contribution is -2.51. The molecule has 2 aromatic rings. The Morgan fingerprint density at radius 1 is 1.48 bits per heavy atom. The summed E-state index contributed by atoms with van der Waals surface area (Å²) >= 11 is 0. The van der Waals surface area contributed by atoms with Gasteiger partial charge >= 0.3 is 0 Å². The van der Waals surface area contributed by atoms with Gasteiger partial charge in [-0.2, -0.15) is 10.1 Å². The van der Waals surface area contributed by atoms with Crippen LogP contribution in [-0.2, 0) is 13.5 Å². The van der Waals surface area contributed by atoms with Crippen molar-refractivity contribution in [3.63, 3.8) is 0 Å². The summed E-state index contributed by atoms with van der Waals surface area (Å²) in [6.07, 6.45) is 3.93. The summed E-state index contributed by atoms with van der Waals surface area (Å²) in [7, 11) is 1.88. The van der Waals surface area contributed by atoms with E-state index >= 15 is 0 Å². The molecule has 1 unspecified atom stereocenters. The van der Waals surface area contributed by atoms with E-state index in [-0.39, 0.29) is 18.9 Å². The molecule has 8 heteroatoms. The Bertz CT molecular complexity index is 794. The van der Waals surface area contributed by atoms with E-state index in [9.17, 15) is 9.90 Å². The molecule has 1 atom stereocenters. The first kappa shape index (κ1) is 16.3. The predicted octanol–water partition coefficient (Wildman–Crippen LogP) is 1.20. The Kier molecular flexibility index (Phi) is 3.87. The average Bonchev–Trinajstić information content (AvgIpc) is 3.22. The van der Waals surface area contributed by atoms with Crippen LogP contribution in [-0.4, -0.2) is 54.5 Å². The smallest absolute Gasteiger partial charge is 0.274 e. The summed E-state index contributed by atoms with van der Waals surface area (Å²) in [4.78, 5) is 18.7. The fourth-order valence-corrected chi connectivity index (χ4v) is 3.63. The molecule has 1 aliphatic heterocycles. The van der Waals surface area contributed by atoms with Gasteiger partial charge in [0.1, 0.15) is 0 Å². The zero-order valence-electron chi connectivity index (χ0n) is 14.6. The number of aryl methyl sites for hydroxylation is 2. The number of nitrogens with zero attached hydrogens (tertiary/aromatic N) is 5. The number of hydrogen-bond donors (Lipinski definition) is 1. The molecule has 2 fully saturated rings. The van der Waals surface area contributed by atoms with Gasteiger partial charge in [-0.25, -0.2) is 0 Å². The van der Waals surface area contributed by atoms with Crippen LogP contribution in [0.2, 0.25) is 0 Å². The van der Waals surface area contributed by atoms with E-state index < -0.39 is 5.60 Å². The topological polar surface area (TPSA) is 97.3 Å². The van der Waals surface area contributed by atoms with Crippen LogP contribution in [0.1, 0.15) is 59.5 Å². The minimum atomic E-state index is -1.04. The molecule has 2 aliphatic rings. The van der Waals surface area contributed by atoms with E-state index in [0.29, 0.717) is 36.3 Å². The Labute approximate surface area is 145 Å². The van der Waals surface area contributed by atoms with Crippen molar-refractivity contribution in [3.05, 3.63) is 29.2 Å². The minimum Gasteiger partial charge on any atom is -0.388 e. The number of carbonyl (C=O) groups is 1. The quantitative estimate of drug-likeness (QED) is 0.894. The molecule has 3 heterocycles. The van der Waals surface area contributed by atoms with Gasteiger partial charge in [-0.1, -0.05) is 5.16 Å². The van der Waals surface area contributed by atoms with Crippen molar-refractivity contribution in [2.45, 2.75) is 50.5 Å². The maximum absolute atomic E-state index is 12.8. The Balaban J connectivity index is 1.48. The summed E-state index contributed by atoms with van der Waals surface area (Å²) in [5, 5.41) is 19.1. The Hall–Kier alpha value is -2.22. The van der Waals surface area contributed by atoms with Crippen LogP contribution in [0, 0.1) is 6.92 Å². The molecular formula is C17H23N5O3. The van der Waals surface area contributed by atoms with E-state index in [1.165, 1.54) is 12.8 Å². The van der Waals surface area contributed by atoms with Crippen LogP contribution in [0.15, 0.2) is 10.6 Å². The third-order valence-corrected chi connectivity index (χ3v) is 5.02. The number of piperidine rings is 1. The molecule has 25 heavy (non-hydrogen) atoms. The molecule has 1 N–H and O–H groups in total. The van der Waals surface area contributed by atoms with Crippen molar-refractivity contribution in [2.75, 3.05) is 13.1 Å². The highest BCUT2D eigenvalue weighted by atomic mass is 16.5. The van der Waals surface area contributed by atoms with Crippen LogP contribution >= 0.6 is 0 Å². The van der Waals surface area contributed by atoms with E-state index in [0.717, 1.165) is 12.1 Å². The van der Waals surface area contributed by atoms with Crippen LogP contribution in [0.5, 0.6) is 0 Å². The van der Waals surface area contributed by atoms with E-state index in [2.05, 4.69) is 15.2 Å². The first-order chi connectivity index (χ1) is 11.9. The van der Waals surface area contributed by atoms with E-state index in [1.807, 2.05) is 17.8 Å². The van der Waals surface area contributed by atoms with Crippen molar-refractivity contribution in [3.8, 4) is 0 Å². The van der Waals surface area contributed by atoms with Gasteiger partial charge in [0.25, 0.3) is 5.91 Å². The van der Waals surface area contributed by atoms with Crippen molar-refractivity contribution in [1.82, 2.24) is 24.8 Å². The van der Waals surface area contributed by atoms with Gasteiger partial charge in [-0.3, -0.25) is 9.48 Å². The standard InChI is InChI=1S/C17H23N5O3/c1-11-18-15(25-20-11)9-17(24)6-3-7-22(10-17)16(23)13-8-14(12-4-5-12)21(2)19-13/h8,12,24H,3-7,9-10H2,1-2H3. The summed E-state index contributed by atoms with van der Waals surface area (Å²) < 4.78 is 6.93. The third kappa shape index (κ3) is 3.30. The molecule has 1 amide bonds. The second-order valence-corrected chi connectivity index (χ2v) is 7.32. The van der Waals surface area contributed by atoms with Gasteiger partial charge in [0, 0.05) is 25.2 Å². The minimum absolute atomic E-state index is 0.123. The largest absolute Gasteiger partial charge is 0.388 e. The number of aliphatic hydroxyl groups is 1. The molecule has 1 saturated carbocycles. The molecule has 1 saturated heterocycles. The van der Waals surface area contributed by atoms with Crippen molar-refractivity contribution >= 4 is 5.91 Å². The summed E-state index contributed by atoms with van der Waals surface area (Å²) in [6.45, 7) is 2.62. The van der Waals surface area contributed by atoms with Crippen LogP contribution < -0.4 is 0 Å². The molecule has 4 rings (SSSR count). The maximum atomic E-state index is 12.8. The lowest BCUT2D eigenvalue weighted by atomic mass is 9.89. The number of likely N-dealkylation sites (tertiary alicyclic amines) is 1. The first-order valence-electron chi connectivity index (χ1n) is 8.78. The fraction of sp³-hybridized carbons (Fsp3) is 0.647. The molecule has 0 radical (unpaired) electrons. The second-order valence-electron chi connectivity index (χ2n) is 7.32. The maximum Gasteiger partial charge on any atom is 0.274 e. The first-order valence-corrected chi connectivity index (χ1v) is 8.78. The highest BCUT2D eigenvalue weighted by molar-refractivity contribution is 5.92. The summed E-state index contributed by atoms with van der Waals surface area (Å²) in [5.74, 6) is 1.37. The second kappa shape index (κ2) is 5.94. The fourth-order valence-electron chi connectivity index (χ4n) is 3.63. The number of aromatic nitrogens is 4. The van der Waals surface area contributed by atoms with Gasteiger partial charge in [-0.15, -0.1) is 0 Å². The molecule has 0 bridgehead atoms. The van der Waals surface area contributed by atoms with Gasteiger partial charge in [0.05, 0.1) is 18.6 Å². The van der Waals surface area contributed by atoms with Crippen molar-refractivity contribution in [1.29, 1.82) is 0 Å². The number of amides is 1. The normalized spacial score (nSPS) is 23.9. The highest BCUT2D eigenvalue weighted by Gasteiger charge is 2.38. The number of rotatable bonds is 4. The molecule has 0 spiro atoms. The summed E-state index contributed by atoms with van der Waals surface area (Å²) in [5.41, 5.74) is 0.542. The predicted molar refractivity (Wildman–Crippen MR) is 88.0 cm³/mol. The van der Waals surface area contributed by atoms with Crippen LogP contribution in [0.25, 0.3) is 0 Å². The SMILES string of the molecule is Cc1noc(CC2(O)CCCN(C(=O)c3cc(C4CC4)n(C)n3)C2)n1. The van der Waals surface area contributed by atoms with Gasteiger partial charge < -0.3 is 14.5 Å². The van der Waals surface area contributed by atoms with Gasteiger partial charge in [0.15, 0.2) is 11.5 Å². The Morgan fingerprint density at radius 2 is 2.28 bits per heavy atom. The molecular weight excluding hydrogens is 322 g/mol. The number of carbonyl (C=O) groups excluding carboxylic acids is 1. The van der Waals surface area contributed by atoms with Crippen molar-refractivity contribution < 1.29 is 14.4 Å². The van der Waals surface area contributed by atoms with Crippen LogP contribution in [0.4, 0.5) is 0 Å². The zero-order chi connectivity index (χ0) is 17.6. The molecule has 134 valence electrons. The average molecular weight is 345 g/mol. The lowest BCUT2D eigenvalue weighted by Gasteiger charge is -2.38. The lowest BCUT2D eigenvalue weighted by molar-refractivity contribution is -0.0288. The van der Waals surface area contributed by atoms with Gasteiger partial charge in [-0.05, 0) is 38.7 Å². The van der Waals surface area contributed by atoms with E-state index in [1.54, 1.807) is 11.8 Å². The zero-order valence-corrected chi connectivity index (χ0v) is 14.6. The third-order valence-electron chi connectivity index (χ3n) is 5.02. The van der Waals surface area contributed by atoms with Gasteiger partial charge in [0.2, 0.25) is 5.89 Å². The molecule has 2 aromatic heterocycles. The number of β-amino-alcohol motifs (C(OH)–C–C–N with tert-alkyl or cyclic N) is 1. The number of hydrogen-bond acceptors (Lipinski definition) is 6. The van der Waals surface area contributed by atoms with E-state index in [4.69, 9.17) is 4.52 Å². The monoisotopic (exact) mass is 345 g/mol. The Morgan fingerprint density at radius 3 is 2.96 bits per heavy atom. The summed E-state index contributed by atoms with van der Waals surface area (Å²) in [6, 6.07) is 1.90. The molecule has 0 aromatic carbocycles. The highest BCUT2D eigenvalue weighted by Crippen LogP contribution is 2.40. The molecule has 1 aliphatic carbocycles.